The molecule has 0 spiro atoms. The van der Waals surface area contributed by atoms with Gasteiger partial charge in [-0.1, -0.05) is 12.1 Å². The molecule has 0 heterocycles. The van der Waals surface area contributed by atoms with Crippen LogP contribution in [0.25, 0.3) is 0 Å². The number of rotatable bonds is 4. The number of hydrogen-bond donors (Lipinski definition) is 2. The molecule has 0 fully saturated rings. The second-order valence-corrected chi connectivity index (χ2v) is 4.11. The number of nitrogens with one attached hydrogen (secondary N) is 1. The SMILES string of the molecule is N#Cc1ccc(NCCc2ccc(N)cc2)cc1. The van der Waals surface area contributed by atoms with Gasteiger partial charge in [-0.3, -0.25) is 0 Å². The van der Waals surface area contributed by atoms with Crippen LogP contribution in [0, 0.1) is 11.3 Å². The first kappa shape index (κ1) is 12.0. The maximum absolute atomic E-state index is 8.69. The van der Waals surface area contributed by atoms with Crippen molar-refractivity contribution < 1.29 is 0 Å². The quantitative estimate of drug-likeness (QED) is 0.804. The van der Waals surface area contributed by atoms with Gasteiger partial charge in [0.15, 0.2) is 0 Å². The molecule has 2 aromatic carbocycles. The highest BCUT2D eigenvalue weighted by Gasteiger charge is 1.95. The Morgan fingerprint density at radius 2 is 1.67 bits per heavy atom. The van der Waals surface area contributed by atoms with Gasteiger partial charge in [-0.05, 0) is 48.4 Å². The van der Waals surface area contributed by atoms with Gasteiger partial charge in [-0.25, -0.2) is 0 Å². The molecule has 0 aliphatic carbocycles. The number of hydrogen-bond acceptors (Lipinski definition) is 3. The monoisotopic (exact) mass is 237 g/mol. The van der Waals surface area contributed by atoms with Crippen LogP contribution in [0.4, 0.5) is 11.4 Å². The molecule has 0 saturated carbocycles. The predicted octanol–water partition coefficient (Wildman–Crippen LogP) is 2.80. The number of nitrogen functional groups attached to an aromatic ring is 1. The molecule has 0 aliphatic rings. The molecule has 3 N–H and O–H groups in total. The topological polar surface area (TPSA) is 61.8 Å². The van der Waals surface area contributed by atoms with Crippen LogP contribution in [0.1, 0.15) is 11.1 Å². The summed E-state index contributed by atoms with van der Waals surface area (Å²) in [5.74, 6) is 0. The average Bonchev–Trinajstić information content (AvgIpc) is 2.42. The van der Waals surface area contributed by atoms with Crippen molar-refractivity contribution in [2.24, 2.45) is 0 Å². The lowest BCUT2D eigenvalue weighted by Crippen LogP contribution is -2.04. The third kappa shape index (κ3) is 3.26. The van der Waals surface area contributed by atoms with E-state index in [0.717, 1.165) is 24.3 Å². The molecule has 0 aromatic heterocycles. The molecule has 90 valence electrons. The summed E-state index contributed by atoms with van der Waals surface area (Å²) in [6, 6.07) is 17.5. The Morgan fingerprint density at radius 1 is 1.00 bits per heavy atom. The third-order valence-corrected chi connectivity index (χ3v) is 2.74. The summed E-state index contributed by atoms with van der Waals surface area (Å²) in [5, 5.41) is 12.0. The molecular formula is C15H15N3. The van der Waals surface area contributed by atoms with E-state index in [2.05, 4.69) is 11.4 Å². The lowest BCUT2D eigenvalue weighted by molar-refractivity contribution is 1.02. The van der Waals surface area contributed by atoms with Gasteiger partial charge in [0.05, 0.1) is 11.6 Å². The van der Waals surface area contributed by atoms with E-state index in [4.69, 9.17) is 11.0 Å². The van der Waals surface area contributed by atoms with Crippen molar-refractivity contribution in [3.8, 4) is 6.07 Å². The summed E-state index contributed by atoms with van der Waals surface area (Å²) in [6.07, 6.45) is 0.945. The normalized spacial score (nSPS) is 9.72. The predicted molar refractivity (Wildman–Crippen MR) is 74.2 cm³/mol. The van der Waals surface area contributed by atoms with Gasteiger partial charge in [-0.2, -0.15) is 5.26 Å². The van der Waals surface area contributed by atoms with Crippen LogP contribution in [0.5, 0.6) is 0 Å². The molecule has 0 amide bonds. The van der Waals surface area contributed by atoms with E-state index >= 15 is 0 Å². The molecule has 0 atom stereocenters. The molecule has 2 aromatic rings. The summed E-state index contributed by atoms with van der Waals surface area (Å²) >= 11 is 0. The van der Waals surface area contributed by atoms with E-state index in [1.807, 2.05) is 48.5 Å². The van der Waals surface area contributed by atoms with Crippen LogP contribution in [-0.2, 0) is 6.42 Å². The Morgan fingerprint density at radius 3 is 2.28 bits per heavy atom. The van der Waals surface area contributed by atoms with Crippen molar-refractivity contribution in [3.63, 3.8) is 0 Å². The fourth-order valence-electron chi connectivity index (χ4n) is 1.70. The Balaban J connectivity index is 1.84. The van der Waals surface area contributed by atoms with E-state index in [1.54, 1.807) is 0 Å². The standard InChI is InChI=1S/C15H15N3/c16-11-13-3-7-15(8-4-13)18-10-9-12-1-5-14(17)6-2-12/h1-8,18H,9-10,17H2. The second-order valence-electron chi connectivity index (χ2n) is 4.11. The zero-order chi connectivity index (χ0) is 12.8. The van der Waals surface area contributed by atoms with Gasteiger partial charge in [-0.15, -0.1) is 0 Å². The first-order valence-electron chi connectivity index (χ1n) is 5.86. The third-order valence-electron chi connectivity index (χ3n) is 2.74. The van der Waals surface area contributed by atoms with Crippen molar-refractivity contribution in [2.75, 3.05) is 17.6 Å². The molecule has 3 heteroatoms. The number of nitrogens with two attached hydrogens (primary N) is 1. The van der Waals surface area contributed by atoms with Gasteiger partial charge in [0.1, 0.15) is 0 Å². The molecular weight excluding hydrogens is 222 g/mol. The lowest BCUT2D eigenvalue weighted by Gasteiger charge is -2.06. The lowest BCUT2D eigenvalue weighted by atomic mass is 10.1. The van der Waals surface area contributed by atoms with Crippen molar-refractivity contribution >= 4 is 11.4 Å². The summed E-state index contributed by atoms with van der Waals surface area (Å²) < 4.78 is 0. The molecule has 0 unspecified atom stereocenters. The van der Waals surface area contributed by atoms with Crippen molar-refractivity contribution in [3.05, 3.63) is 59.7 Å². The fraction of sp³-hybridized carbons (Fsp3) is 0.133. The Kier molecular flexibility index (Phi) is 3.83. The molecule has 0 radical (unpaired) electrons. The number of nitriles is 1. The van der Waals surface area contributed by atoms with Crippen LogP contribution in [0.15, 0.2) is 48.5 Å². The van der Waals surface area contributed by atoms with Crippen LogP contribution in [0.3, 0.4) is 0 Å². The van der Waals surface area contributed by atoms with Crippen molar-refractivity contribution in [2.45, 2.75) is 6.42 Å². The number of nitrogens with zero attached hydrogens (tertiary/aromatic N) is 1. The Bertz CT molecular complexity index is 535. The van der Waals surface area contributed by atoms with Gasteiger partial charge >= 0.3 is 0 Å². The highest BCUT2D eigenvalue weighted by Crippen LogP contribution is 2.10. The summed E-state index contributed by atoms with van der Waals surface area (Å²) in [6.45, 7) is 0.857. The highest BCUT2D eigenvalue weighted by molar-refractivity contribution is 5.47. The second kappa shape index (κ2) is 5.74. The van der Waals surface area contributed by atoms with E-state index in [-0.39, 0.29) is 0 Å². The maximum atomic E-state index is 8.69. The van der Waals surface area contributed by atoms with Crippen LogP contribution in [0.2, 0.25) is 0 Å². The molecule has 18 heavy (non-hydrogen) atoms. The molecule has 3 nitrogen and oxygen atoms in total. The summed E-state index contributed by atoms with van der Waals surface area (Å²) in [4.78, 5) is 0. The first-order chi connectivity index (χ1) is 8.78. The molecule has 0 aliphatic heterocycles. The maximum Gasteiger partial charge on any atom is 0.0991 e. The van der Waals surface area contributed by atoms with E-state index in [9.17, 15) is 0 Å². The zero-order valence-corrected chi connectivity index (χ0v) is 10.1. The fourth-order valence-corrected chi connectivity index (χ4v) is 1.70. The average molecular weight is 237 g/mol. The van der Waals surface area contributed by atoms with Gasteiger partial charge < -0.3 is 11.1 Å². The van der Waals surface area contributed by atoms with Crippen LogP contribution >= 0.6 is 0 Å². The highest BCUT2D eigenvalue weighted by atomic mass is 14.9. The minimum atomic E-state index is 0.680. The van der Waals surface area contributed by atoms with Gasteiger partial charge in [0.2, 0.25) is 0 Å². The van der Waals surface area contributed by atoms with Crippen molar-refractivity contribution in [1.82, 2.24) is 0 Å². The van der Waals surface area contributed by atoms with E-state index in [1.165, 1.54) is 5.56 Å². The van der Waals surface area contributed by atoms with Gasteiger partial charge in [0, 0.05) is 17.9 Å². The minimum Gasteiger partial charge on any atom is -0.399 e. The molecule has 2 rings (SSSR count). The minimum absolute atomic E-state index is 0.680. The smallest absolute Gasteiger partial charge is 0.0991 e. The largest absolute Gasteiger partial charge is 0.399 e. The molecule has 0 saturated heterocycles. The van der Waals surface area contributed by atoms with Crippen LogP contribution in [-0.4, -0.2) is 6.54 Å². The number of benzene rings is 2. The van der Waals surface area contributed by atoms with Crippen molar-refractivity contribution in [1.29, 1.82) is 5.26 Å². The first-order valence-corrected chi connectivity index (χ1v) is 5.86. The Labute approximate surface area is 107 Å². The Hall–Kier alpha value is -2.47. The van der Waals surface area contributed by atoms with E-state index in [0.29, 0.717) is 5.56 Å². The number of anilines is 2. The van der Waals surface area contributed by atoms with Gasteiger partial charge in [0.25, 0.3) is 0 Å². The summed E-state index contributed by atoms with van der Waals surface area (Å²) in [5.41, 5.74) is 9.39. The molecule has 0 bridgehead atoms. The van der Waals surface area contributed by atoms with E-state index < -0.39 is 0 Å². The zero-order valence-electron chi connectivity index (χ0n) is 10.1. The summed E-state index contributed by atoms with van der Waals surface area (Å²) in [7, 11) is 0. The van der Waals surface area contributed by atoms with Crippen LogP contribution < -0.4 is 11.1 Å².